The fourth-order valence-corrected chi connectivity index (χ4v) is 2.50. The molecule has 0 bridgehead atoms. The second-order valence-corrected chi connectivity index (χ2v) is 4.59. The summed E-state index contributed by atoms with van der Waals surface area (Å²) in [6.07, 6.45) is 1.05. The van der Waals surface area contributed by atoms with Crippen LogP contribution in [0, 0.1) is 0 Å². The Labute approximate surface area is 89.8 Å². The second-order valence-electron chi connectivity index (χ2n) is 3.48. The molecule has 0 saturated heterocycles. The molecule has 0 aliphatic heterocycles. The van der Waals surface area contributed by atoms with Gasteiger partial charge in [-0.2, -0.15) is 0 Å². The van der Waals surface area contributed by atoms with E-state index >= 15 is 0 Å². The summed E-state index contributed by atoms with van der Waals surface area (Å²) in [5.41, 5.74) is 3.47. The van der Waals surface area contributed by atoms with Crippen molar-refractivity contribution < 1.29 is 0 Å². The first-order valence-corrected chi connectivity index (χ1v) is 6.21. The molecule has 4 heteroatoms. The van der Waals surface area contributed by atoms with E-state index in [4.69, 9.17) is 0 Å². The summed E-state index contributed by atoms with van der Waals surface area (Å²) < 4.78 is 8.69. The zero-order chi connectivity index (χ0) is 9.97. The van der Waals surface area contributed by atoms with E-state index < -0.39 is 0 Å². The number of rotatable bonds is 3. The van der Waals surface area contributed by atoms with Crippen LogP contribution in [-0.4, -0.2) is 36.0 Å². The van der Waals surface area contributed by atoms with E-state index in [1.807, 2.05) is 7.05 Å². The minimum absolute atomic E-state index is 0.0928. The van der Waals surface area contributed by atoms with Gasteiger partial charge in [-0.05, 0) is 0 Å². The molecule has 0 aliphatic carbocycles. The average Bonchev–Trinajstić information content (AvgIpc) is 2.64. The summed E-state index contributed by atoms with van der Waals surface area (Å²) in [7, 11) is 1.99. The van der Waals surface area contributed by atoms with Crippen molar-refractivity contribution in [3.63, 3.8) is 0 Å². The Bertz CT molecular complexity index is 424. The molecule has 2 aromatic rings. The Balaban J connectivity index is 2.25. The van der Waals surface area contributed by atoms with Crippen molar-refractivity contribution in [1.29, 1.82) is 0 Å². The topological polar surface area (TPSA) is 37.8 Å². The van der Waals surface area contributed by atoms with Gasteiger partial charge in [-0.25, -0.2) is 0 Å². The van der Waals surface area contributed by atoms with Crippen molar-refractivity contribution in [2.45, 2.75) is 19.4 Å². The van der Waals surface area contributed by atoms with Crippen molar-refractivity contribution in [2.75, 3.05) is 7.05 Å². The van der Waals surface area contributed by atoms with Gasteiger partial charge in [-0.1, -0.05) is 0 Å². The Hall–Kier alpha value is -0.701. The van der Waals surface area contributed by atoms with Crippen LogP contribution in [0.1, 0.15) is 12.5 Å². The number of nitrogens with zero attached hydrogens (tertiary/aromatic N) is 2. The molecule has 0 aliphatic rings. The van der Waals surface area contributed by atoms with Gasteiger partial charge in [-0.3, -0.25) is 0 Å². The number of benzene rings is 1. The summed E-state index contributed by atoms with van der Waals surface area (Å²) in [4.78, 5) is 0. The first kappa shape index (κ1) is 9.84. The third kappa shape index (κ3) is 2.03. The third-order valence-electron chi connectivity index (χ3n) is 2.35. The van der Waals surface area contributed by atoms with Crippen LogP contribution >= 0.6 is 0 Å². The first-order chi connectivity index (χ1) is 6.79. The Kier molecular flexibility index (Phi) is 2.96. The molecule has 2 rings (SSSR count). The molecule has 0 saturated carbocycles. The molecular weight excluding hydrogens is 241 g/mol. The third-order valence-corrected chi connectivity index (χ3v) is 3.52. The Morgan fingerprint density at radius 3 is 2.93 bits per heavy atom. The van der Waals surface area contributed by atoms with Crippen molar-refractivity contribution in [3.05, 3.63) is 23.8 Å². The summed E-state index contributed by atoms with van der Waals surface area (Å²) >= 11 is 0.0928. The predicted octanol–water partition coefficient (Wildman–Crippen LogP) is 0.837. The van der Waals surface area contributed by atoms with Crippen LogP contribution in [0.4, 0.5) is 0 Å². The normalized spacial score (nSPS) is 13.3. The summed E-state index contributed by atoms with van der Waals surface area (Å²) in [6, 6.07) is 6.89. The van der Waals surface area contributed by atoms with Crippen molar-refractivity contribution in [2.24, 2.45) is 0 Å². The van der Waals surface area contributed by atoms with Crippen molar-refractivity contribution >= 4 is 26.0 Å². The average molecular weight is 254 g/mol. The fourth-order valence-electron chi connectivity index (χ4n) is 1.41. The van der Waals surface area contributed by atoms with Crippen molar-refractivity contribution in [3.8, 4) is 0 Å². The fraction of sp³-hybridized carbons (Fsp3) is 0.400. The van der Waals surface area contributed by atoms with E-state index in [2.05, 4.69) is 38.4 Å². The molecule has 74 valence electrons. The molecule has 0 radical (unpaired) electrons. The van der Waals surface area contributed by atoms with Gasteiger partial charge < -0.3 is 0 Å². The van der Waals surface area contributed by atoms with Crippen LogP contribution < -0.4 is 5.32 Å². The standard InChI is InChI=1S/C10H13N3Se/c1-7(11-2)5-8-3-4-9-10(6-8)13-14-12-9/h3-4,6-7,11H,5H2,1-2H3. The molecule has 14 heavy (non-hydrogen) atoms. The molecule has 0 fully saturated rings. The molecular formula is C10H13N3Se. The molecule has 3 nitrogen and oxygen atoms in total. The number of hydrogen-bond acceptors (Lipinski definition) is 3. The van der Waals surface area contributed by atoms with E-state index in [1.165, 1.54) is 5.56 Å². The molecule has 1 N–H and O–H groups in total. The van der Waals surface area contributed by atoms with Crippen LogP contribution in [0.2, 0.25) is 0 Å². The van der Waals surface area contributed by atoms with Gasteiger partial charge in [0.1, 0.15) is 0 Å². The molecule has 1 atom stereocenters. The van der Waals surface area contributed by atoms with Gasteiger partial charge in [0, 0.05) is 0 Å². The summed E-state index contributed by atoms with van der Waals surface area (Å²) in [6.45, 7) is 2.18. The number of nitrogens with one attached hydrogen (secondary N) is 1. The SMILES string of the molecule is CNC(C)Cc1ccc2n[se]nc2c1. The van der Waals surface area contributed by atoms with Gasteiger partial charge in [0.25, 0.3) is 0 Å². The van der Waals surface area contributed by atoms with Gasteiger partial charge in [0.15, 0.2) is 0 Å². The number of fused-ring (bicyclic) bond motifs is 1. The Morgan fingerprint density at radius 2 is 2.14 bits per heavy atom. The maximum absolute atomic E-state index is 4.37. The van der Waals surface area contributed by atoms with E-state index in [0.717, 1.165) is 17.5 Å². The number of aromatic nitrogens is 2. The molecule has 0 amide bonds. The molecule has 0 spiro atoms. The van der Waals surface area contributed by atoms with E-state index in [1.54, 1.807) is 0 Å². The van der Waals surface area contributed by atoms with E-state index in [0.29, 0.717) is 6.04 Å². The van der Waals surface area contributed by atoms with Crippen LogP contribution in [0.3, 0.4) is 0 Å². The maximum atomic E-state index is 4.37. The van der Waals surface area contributed by atoms with Gasteiger partial charge >= 0.3 is 89.5 Å². The summed E-state index contributed by atoms with van der Waals surface area (Å²) in [5.74, 6) is 0. The van der Waals surface area contributed by atoms with Crippen LogP contribution in [0.5, 0.6) is 0 Å². The van der Waals surface area contributed by atoms with Gasteiger partial charge in [-0.15, -0.1) is 0 Å². The van der Waals surface area contributed by atoms with Crippen molar-refractivity contribution in [1.82, 2.24) is 13.3 Å². The zero-order valence-corrected chi connectivity index (χ0v) is 10.0. The number of hydrogen-bond donors (Lipinski definition) is 1. The zero-order valence-electron chi connectivity index (χ0n) is 8.32. The van der Waals surface area contributed by atoms with E-state index in [-0.39, 0.29) is 15.0 Å². The monoisotopic (exact) mass is 255 g/mol. The second kappa shape index (κ2) is 4.22. The van der Waals surface area contributed by atoms with Crippen LogP contribution in [0.15, 0.2) is 18.2 Å². The number of likely N-dealkylation sites (N-methyl/N-ethyl adjacent to an activating group) is 1. The molecule has 1 aromatic heterocycles. The first-order valence-electron chi connectivity index (χ1n) is 4.68. The van der Waals surface area contributed by atoms with Crippen LogP contribution in [0.25, 0.3) is 11.0 Å². The van der Waals surface area contributed by atoms with E-state index in [9.17, 15) is 0 Å². The van der Waals surface area contributed by atoms with Gasteiger partial charge in [0.05, 0.1) is 0 Å². The summed E-state index contributed by atoms with van der Waals surface area (Å²) in [5, 5.41) is 3.23. The molecule has 1 unspecified atom stereocenters. The van der Waals surface area contributed by atoms with Gasteiger partial charge in [0.2, 0.25) is 0 Å². The quantitative estimate of drug-likeness (QED) is 0.825. The van der Waals surface area contributed by atoms with Crippen LogP contribution in [-0.2, 0) is 6.42 Å². The minimum atomic E-state index is 0.0928. The Morgan fingerprint density at radius 1 is 1.36 bits per heavy atom. The molecule has 1 heterocycles. The predicted molar refractivity (Wildman–Crippen MR) is 58.7 cm³/mol. The molecule has 1 aromatic carbocycles.